The Morgan fingerprint density at radius 3 is 2.70 bits per heavy atom. The van der Waals surface area contributed by atoms with Crippen molar-refractivity contribution in [3.8, 4) is 5.69 Å². The number of hydrogen-bond donors (Lipinski definition) is 0. The third kappa shape index (κ3) is 2.82. The van der Waals surface area contributed by atoms with Crippen LogP contribution in [0.25, 0.3) is 5.69 Å². The number of nitrogens with zero attached hydrogens (tertiary/aromatic N) is 5. The standard InChI is InChI=1S/C13H15N5OS/c19-12(17-8-4-5-9-17)10-20-13-14-15-16-18(13)11-6-2-1-3-7-11/h1-3,6-7H,4-5,8-10H2. The highest BCUT2D eigenvalue weighted by molar-refractivity contribution is 7.99. The van der Waals surface area contributed by atoms with Crippen LogP contribution < -0.4 is 0 Å². The van der Waals surface area contributed by atoms with Crippen LogP contribution in [-0.2, 0) is 4.79 Å². The summed E-state index contributed by atoms with van der Waals surface area (Å²) in [5, 5.41) is 12.3. The lowest BCUT2D eigenvalue weighted by Gasteiger charge is -2.14. The summed E-state index contributed by atoms with van der Waals surface area (Å²) in [7, 11) is 0. The molecule has 3 rings (SSSR count). The maximum atomic E-state index is 12.0. The van der Waals surface area contributed by atoms with Gasteiger partial charge >= 0.3 is 0 Å². The van der Waals surface area contributed by atoms with Crippen LogP contribution in [-0.4, -0.2) is 49.9 Å². The number of hydrogen-bond acceptors (Lipinski definition) is 5. The molecule has 1 aliphatic rings. The lowest BCUT2D eigenvalue weighted by atomic mass is 10.3. The minimum absolute atomic E-state index is 0.162. The quantitative estimate of drug-likeness (QED) is 0.796. The molecule has 6 nitrogen and oxygen atoms in total. The van der Waals surface area contributed by atoms with E-state index in [9.17, 15) is 4.79 Å². The summed E-state index contributed by atoms with van der Waals surface area (Å²) in [4.78, 5) is 13.9. The molecule has 0 aliphatic carbocycles. The van der Waals surface area contributed by atoms with Gasteiger partial charge in [0.1, 0.15) is 0 Å². The summed E-state index contributed by atoms with van der Waals surface area (Å²) in [5.41, 5.74) is 0.897. The molecule has 1 aromatic heterocycles. The van der Waals surface area contributed by atoms with Gasteiger partial charge in [0, 0.05) is 13.1 Å². The van der Waals surface area contributed by atoms with Gasteiger partial charge in [-0.2, -0.15) is 4.68 Å². The Morgan fingerprint density at radius 1 is 1.20 bits per heavy atom. The predicted octanol–water partition coefficient (Wildman–Crippen LogP) is 1.38. The Labute approximate surface area is 121 Å². The lowest BCUT2D eigenvalue weighted by molar-refractivity contribution is -0.127. The zero-order chi connectivity index (χ0) is 13.8. The summed E-state index contributed by atoms with van der Waals surface area (Å²) in [6.07, 6.45) is 2.22. The highest BCUT2D eigenvalue weighted by Crippen LogP contribution is 2.19. The van der Waals surface area contributed by atoms with Crippen molar-refractivity contribution in [1.29, 1.82) is 0 Å². The summed E-state index contributed by atoms with van der Waals surface area (Å²) in [6.45, 7) is 1.76. The van der Waals surface area contributed by atoms with Gasteiger partial charge in [-0.05, 0) is 35.4 Å². The largest absolute Gasteiger partial charge is 0.342 e. The second kappa shape index (κ2) is 6.04. The topological polar surface area (TPSA) is 63.9 Å². The minimum atomic E-state index is 0.162. The van der Waals surface area contributed by atoms with Crippen LogP contribution >= 0.6 is 11.8 Å². The number of likely N-dealkylation sites (tertiary alicyclic amines) is 1. The number of benzene rings is 1. The fourth-order valence-corrected chi connectivity index (χ4v) is 2.98. The normalized spacial score (nSPS) is 14.7. The van der Waals surface area contributed by atoms with Crippen LogP contribution in [0.4, 0.5) is 0 Å². The van der Waals surface area contributed by atoms with Crippen LogP contribution in [0.5, 0.6) is 0 Å². The number of carbonyl (C=O) groups is 1. The van der Waals surface area contributed by atoms with Crippen LogP contribution in [0.15, 0.2) is 35.5 Å². The smallest absolute Gasteiger partial charge is 0.233 e. The fourth-order valence-electron chi connectivity index (χ4n) is 2.18. The SMILES string of the molecule is O=C(CSc1nnnn1-c1ccccc1)N1CCCC1. The fraction of sp³-hybridized carbons (Fsp3) is 0.385. The molecule has 1 aliphatic heterocycles. The molecule has 1 saturated heterocycles. The van der Waals surface area contributed by atoms with Gasteiger partial charge in [-0.1, -0.05) is 30.0 Å². The van der Waals surface area contributed by atoms with E-state index in [1.165, 1.54) is 11.8 Å². The van der Waals surface area contributed by atoms with E-state index in [1.54, 1.807) is 4.68 Å². The molecule has 0 radical (unpaired) electrons. The van der Waals surface area contributed by atoms with Crippen molar-refractivity contribution in [3.05, 3.63) is 30.3 Å². The van der Waals surface area contributed by atoms with E-state index in [-0.39, 0.29) is 5.91 Å². The van der Waals surface area contributed by atoms with Gasteiger partial charge in [0.05, 0.1) is 11.4 Å². The maximum absolute atomic E-state index is 12.0. The monoisotopic (exact) mass is 289 g/mol. The molecule has 104 valence electrons. The first kappa shape index (κ1) is 13.1. The number of carbonyl (C=O) groups excluding carboxylic acids is 1. The minimum Gasteiger partial charge on any atom is -0.342 e. The van der Waals surface area contributed by atoms with E-state index in [4.69, 9.17) is 0 Å². The van der Waals surface area contributed by atoms with E-state index in [0.717, 1.165) is 31.6 Å². The average molecular weight is 289 g/mol. The van der Waals surface area contributed by atoms with E-state index in [0.29, 0.717) is 10.9 Å². The predicted molar refractivity (Wildman–Crippen MR) is 75.7 cm³/mol. The Bertz CT molecular complexity index is 579. The summed E-state index contributed by atoms with van der Waals surface area (Å²) >= 11 is 1.38. The van der Waals surface area contributed by atoms with E-state index in [2.05, 4.69) is 15.5 Å². The average Bonchev–Trinajstić information content (AvgIpc) is 3.17. The van der Waals surface area contributed by atoms with Crippen molar-refractivity contribution in [2.75, 3.05) is 18.8 Å². The molecule has 0 bridgehead atoms. The summed E-state index contributed by atoms with van der Waals surface area (Å²) in [5.74, 6) is 0.544. The van der Waals surface area contributed by atoms with Crippen molar-refractivity contribution < 1.29 is 4.79 Å². The molecular formula is C13H15N5OS. The molecular weight excluding hydrogens is 274 g/mol. The van der Waals surface area contributed by atoms with Gasteiger partial charge in [0.2, 0.25) is 11.1 Å². The zero-order valence-corrected chi connectivity index (χ0v) is 11.8. The molecule has 20 heavy (non-hydrogen) atoms. The van der Waals surface area contributed by atoms with Crippen LogP contribution in [0.2, 0.25) is 0 Å². The van der Waals surface area contributed by atoms with Gasteiger partial charge in [0.15, 0.2) is 0 Å². The summed E-state index contributed by atoms with van der Waals surface area (Å²) in [6, 6.07) is 9.67. The van der Waals surface area contributed by atoms with E-state index in [1.807, 2.05) is 35.2 Å². The molecule has 1 fully saturated rings. The number of aromatic nitrogens is 4. The van der Waals surface area contributed by atoms with Crippen molar-refractivity contribution in [2.45, 2.75) is 18.0 Å². The number of rotatable bonds is 4. The molecule has 0 unspecified atom stereocenters. The summed E-state index contributed by atoms with van der Waals surface area (Å²) < 4.78 is 1.65. The van der Waals surface area contributed by atoms with Crippen LogP contribution in [0.1, 0.15) is 12.8 Å². The van der Waals surface area contributed by atoms with Crippen LogP contribution in [0.3, 0.4) is 0 Å². The molecule has 1 aromatic carbocycles. The number of amides is 1. The highest BCUT2D eigenvalue weighted by Gasteiger charge is 2.19. The first-order chi connectivity index (χ1) is 9.84. The second-order valence-corrected chi connectivity index (χ2v) is 5.53. The lowest BCUT2D eigenvalue weighted by Crippen LogP contribution is -2.29. The van der Waals surface area contributed by atoms with Gasteiger partial charge in [-0.15, -0.1) is 5.10 Å². The van der Waals surface area contributed by atoms with Crippen molar-refractivity contribution in [1.82, 2.24) is 25.1 Å². The van der Waals surface area contributed by atoms with E-state index < -0.39 is 0 Å². The molecule has 2 heterocycles. The Kier molecular flexibility index (Phi) is 3.96. The third-order valence-electron chi connectivity index (χ3n) is 3.23. The van der Waals surface area contributed by atoms with Crippen LogP contribution in [0, 0.1) is 0 Å². The molecule has 0 atom stereocenters. The van der Waals surface area contributed by atoms with E-state index >= 15 is 0 Å². The zero-order valence-electron chi connectivity index (χ0n) is 11.0. The Morgan fingerprint density at radius 2 is 1.95 bits per heavy atom. The Balaban J connectivity index is 1.66. The van der Waals surface area contributed by atoms with Gasteiger partial charge in [-0.3, -0.25) is 4.79 Å². The first-order valence-corrected chi connectivity index (χ1v) is 7.57. The molecule has 7 heteroatoms. The van der Waals surface area contributed by atoms with Crippen molar-refractivity contribution >= 4 is 17.7 Å². The maximum Gasteiger partial charge on any atom is 0.233 e. The number of para-hydroxylation sites is 1. The molecule has 2 aromatic rings. The van der Waals surface area contributed by atoms with Crippen molar-refractivity contribution in [2.24, 2.45) is 0 Å². The number of tetrazole rings is 1. The van der Waals surface area contributed by atoms with Gasteiger partial charge in [0.25, 0.3) is 0 Å². The van der Waals surface area contributed by atoms with Gasteiger partial charge in [-0.25, -0.2) is 0 Å². The molecule has 1 amide bonds. The molecule has 0 N–H and O–H groups in total. The second-order valence-electron chi connectivity index (χ2n) is 4.59. The highest BCUT2D eigenvalue weighted by atomic mass is 32.2. The Hall–Kier alpha value is -1.89. The first-order valence-electron chi connectivity index (χ1n) is 6.59. The van der Waals surface area contributed by atoms with Gasteiger partial charge < -0.3 is 4.90 Å². The number of thioether (sulfide) groups is 1. The third-order valence-corrected chi connectivity index (χ3v) is 4.13. The molecule has 0 spiro atoms. The molecule has 0 saturated carbocycles. The van der Waals surface area contributed by atoms with Crippen molar-refractivity contribution in [3.63, 3.8) is 0 Å².